The first-order valence-electron chi connectivity index (χ1n) is 12.5. The van der Waals surface area contributed by atoms with Gasteiger partial charge in [0, 0.05) is 44.2 Å². The van der Waals surface area contributed by atoms with Crippen molar-refractivity contribution in [2.45, 2.75) is 43.8 Å². The number of hydrogen-bond acceptors (Lipinski definition) is 5. The van der Waals surface area contributed by atoms with E-state index in [0.29, 0.717) is 37.9 Å². The Labute approximate surface area is 213 Å². The van der Waals surface area contributed by atoms with Crippen LogP contribution in [0.25, 0.3) is 0 Å². The van der Waals surface area contributed by atoms with Crippen LogP contribution in [0.1, 0.15) is 39.5 Å². The number of ether oxygens (including phenoxy) is 1. The average Bonchev–Trinajstić information content (AvgIpc) is 2.90. The van der Waals surface area contributed by atoms with Gasteiger partial charge in [-0.05, 0) is 47.7 Å². The molecule has 6 nitrogen and oxygen atoms in total. The molecule has 2 heterocycles. The van der Waals surface area contributed by atoms with E-state index in [1.165, 1.54) is 21.0 Å². The molecule has 5 rings (SSSR count). The molecule has 0 spiro atoms. The van der Waals surface area contributed by atoms with Crippen molar-refractivity contribution in [3.05, 3.63) is 101 Å². The van der Waals surface area contributed by atoms with E-state index in [1.54, 1.807) is 24.3 Å². The molecule has 0 aliphatic carbocycles. The van der Waals surface area contributed by atoms with Crippen molar-refractivity contribution in [3.63, 3.8) is 0 Å². The summed E-state index contributed by atoms with van der Waals surface area (Å²) < 4.78 is 32.3. The van der Waals surface area contributed by atoms with E-state index in [1.807, 2.05) is 24.3 Å². The lowest BCUT2D eigenvalue weighted by Crippen LogP contribution is -2.40. The Balaban J connectivity index is 1.20. The molecular formula is C29H32N2O4S. The quantitative estimate of drug-likeness (QED) is 0.454. The van der Waals surface area contributed by atoms with Crippen LogP contribution in [0.2, 0.25) is 0 Å². The van der Waals surface area contributed by atoms with Crippen molar-refractivity contribution in [1.29, 1.82) is 0 Å². The first kappa shape index (κ1) is 24.8. The standard InChI is InChI=1S/C29H32N2O4S/c1-22-18-26-4-2-3-5-27(26)21-30(22)20-24-6-10-25(11-7-24)29(32)19-23-8-12-28(13-9-23)36(33,34)31-14-16-35-17-15-31/h2-13,22H,14-21H2,1H3. The molecule has 1 unspecified atom stereocenters. The summed E-state index contributed by atoms with van der Waals surface area (Å²) in [7, 11) is -3.53. The highest BCUT2D eigenvalue weighted by Gasteiger charge is 2.26. The lowest BCUT2D eigenvalue weighted by Gasteiger charge is -2.35. The monoisotopic (exact) mass is 504 g/mol. The Morgan fingerprint density at radius 1 is 0.889 bits per heavy atom. The van der Waals surface area contributed by atoms with E-state index in [9.17, 15) is 13.2 Å². The van der Waals surface area contributed by atoms with E-state index in [4.69, 9.17) is 4.74 Å². The van der Waals surface area contributed by atoms with Gasteiger partial charge in [0.25, 0.3) is 0 Å². The fourth-order valence-corrected chi connectivity index (χ4v) is 6.39. The van der Waals surface area contributed by atoms with Gasteiger partial charge in [-0.15, -0.1) is 0 Å². The van der Waals surface area contributed by atoms with Crippen molar-refractivity contribution in [3.8, 4) is 0 Å². The number of carbonyl (C=O) groups excluding carboxylic acids is 1. The number of benzene rings is 3. The van der Waals surface area contributed by atoms with Crippen LogP contribution in [0.15, 0.2) is 77.7 Å². The molecule has 1 saturated heterocycles. The highest BCUT2D eigenvalue weighted by molar-refractivity contribution is 7.89. The van der Waals surface area contributed by atoms with Gasteiger partial charge in [0.05, 0.1) is 18.1 Å². The van der Waals surface area contributed by atoms with E-state index in [-0.39, 0.29) is 17.1 Å². The number of fused-ring (bicyclic) bond motifs is 1. The first-order chi connectivity index (χ1) is 17.4. The summed E-state index contributed by atoms with van der Waals surface area (Å²) in [5.41, 5.74) is 5.49. The van der Waals surface area contributed by atoms with Gasteiger partial charge in [0.15, 0.2) is 5.78 Å². The Morgan fingerprint density at radius 2 is 1.53 bits per heavy atom. The highest BCUT2D eigenvalue weighted by Crippen LogP contribution is 2.25. The van der Waals surface area contributed by atoms with Gasteiger partial charge in [-0.1, -0.05) is 60.7 Å². The summed E-state index contributed by atoms with van der Waals surface area (Å²) in [5.74, 6) is 0.0191. The Morgan fingerprint density at radius 3 is 2.22 bits per heavy atom. The van der Waals surface area contributed by atoms with Gasteiger partial charge < -0.3 is 4.74 Å². The minimum absolute atomic E-state index is 0.0191. The number of Topliss-reactive ketones (excluding diaryl/α,β-unsaturated/α-hetero) is 1. The molecule has 36 heavy (non-hydrogen) atoms. The molecule has 1 atom stereocenters. The second-order valence-electron chi connectivity index (χ2n) is 9.68. The predicted molar refractivity (Wildman–Crippen MR) is 139 cm³/mol. The van der Waals surface area contributed by atoms with Crippen LogP contribution in [-0.4, -0.2) is 55.8 Å². The van der Waals surface area contributed by atoms with Gasteiger partial charge in [0.1, 0.15) is 0 Å². The Hall–Kier alpha value is -2.84. The van der Waals surface area contributed by atoms with Crippen molar-refractivity contribution < 1.29 is 17.9 Å². The number of rotatable bonds is 7. The van der Waals surface area contributed by atoms with Crippen molar-refractivity contribution in [2.75, 3.05) is 26.3 Å². The summed E-state index contributed by atoms with van der Waals surface area (Å²) in [4.78, 5) is 15.6. The molecule has 0 aromatic heterocycles. The number of hydrogen-bond donors (Lipinski definition) is 0. The molecule has 0 saturated carbocycles. The second-order valence-corrected chi connectivity index (χ2v) is 11.6. The lowest BCUT2D eigenvalue weighted by atomic mass is 9.94. The van der Waals surface area contributed by atoms with Crippen molar-refractivity contribution in [1.82, 2.24) is 9.21 Å². The molecule has 188 valence electrons. The van der Waals surface area contributed by atoms with E-state index in [0.717, 1.165) is 25.1 Å². The summed E-state index contributed by atoms with van der Waals surface area (Å²) in [6.45, 7) is 5.61. The lowest BCUT2D eigenvalue weighted by molar-refractivity contribution is 0.0730. The van der Waals surface area contributed by atoms with Crippen molar-refractivity contribution >= 4 is 15.8 Å². The molecule has 3 aromatic rings. The zero-order valence-corrected chi connectivity index (χ0v) is 21.4. The van der Waals surface area contributed by atoms with Crippen LogP contribution in [0.3, 0.4) is 0 Å². The molecule has 0 amide bonds. The van der Waals surface area contributed by atoms with Gasteiger partial charge in [0.2, 0.25) is 10.0 Å². The zero-order chi connectivity index (χ0) is 25.1. The third-order valence-electron chi connectivity index (χ3n) is 7.19. The Kier molecular flexibility index (Phi) is 7.34. The minimum Gasteiger partial charge on any atom is -0.379 e. The molecule has 0 radical (unpaired) electrons. The van der Waals surface area contributed by atoms with Gasteiger partial charge in [-0.25, -0.2) is 8.42 Å². The average molecular weight is 505 g/mol. The fraction of sp³-hybridized carbons (Fsp3) is 0.345. The van der Waals surface area contributed by atoms with Crippen LogP contribution in [0.5, 0.6) is 0 Å². The topological polar surface area (TPSA) is 66.9 Å². The number of nitrogens with zero attached hydrogens (tertiary/aromatic N) is 2. The molecule has 7 heteroatoms. The van der Waals surface area contributed by atoms with Crippen LogP contribution < -0.4 is 0 Å². The Bertz CT molecular complexity index is 1310. The zero-order valence-electron chi connectivity index (χ0n) is 20.6. The van der Waals surface area contributed by atoms with E-state index >= 15 is 0 Å². The van der Waals surface area contributed by atoms with Crippen LogP contribution in [0, 0.1) is 0 Å². The second kappa shape index (κ2) is 10.6. The maximum atomic E-state index is 12.9. The third-order valence-corrected chi connectivity index (χ3v) is 9.10. The van der Waals surface area contributed by atoms with Gasteiger partial charge in [-0.3, -0.25) is 9.69 Å². The van der Waals surface area contributed by atoms with E-state index < -0.39 is 10.0 Å². The smallest absolute Gasteiger partial charge is 0.243 e. The summed E-state index contributed by atoms with van der Waals surface area (Å²) in [6, 6.07) is 23.6. The van der Waals surface area contributed by atoms with E-state index in [2.05, 4.69) is 36.1 Å². The number of ketones is 1. The largest absolute Gasteiger partial charge is 0.379 e. The normalized spacial score (nSPS) is 19.1. The first-order valence-corrected chi connectivity index (χ1v) is 13.9. The highest BCUT2D eigenvalue weighted by atomic mass is 32.2. The molecule has 3 aromatic carbocycles. The molecule has 2 aliphatic rings. The molecular weight excluding hydrogens is 472 g/mol. The third kappa shape index (κ3) is 5.44. The van der Waals surface area contributed by atoms with Crippen LogP contribution in [-0.2, 0) is 40.7 Å². The molecule has 0 bridgehead atoms. The fourth-order valence-electron chi connectivity index (χ4n) is 4.98. The van der Waals surface area contributed by atoms with Crippen molar-refractivity contribution in [2.24, 2.45) is 0 Å². The summed E-state index contributed by atoms with van der Waals surface area (Å²) in [6.07, 6.45) is 1.29. The van der Waals surface area contributed by atoms with Crippen LogP contribution >= 0.6 is 0 Å². The van der Waals surface area contributed by atoms with Gasteiger partial charge in [-0.2, -0.15) is 4.31 Å². The molecule has 1 fully saturated rings. The number of sulfonamides is 1. The maximum absolute atomic E-state index is 12.9. The summed E-state index contributed by atoms with van der Waals surface area (Å²) in [5, 5.41) is 0. The maximum Gasteiger partial charge on any atom is 0.243 e. The molecule has 2 aliphatic heterocycles. The minimum atomic E-state index is -3.53. The SMILES string of the molecule is CC1Cc2ccccc2CN1Cc1ccc(C(=O)Cc2ccc(S(=O)(=O)N3CCOCC3)cc2)cc1. The predicted octanol–water partition coefficient (Wildman–Crippen LogP) is 4.08. The summed E-state index contributed by atoms with van der Waals surface area (Å²) >= 11 is 0. The number of morpholine rings is 1. The molecule has 0 N–H and O–H groups in total. The van der Waals surface area contributed by atoms with Gasteiger partial charge >= 0.3 is 0 Å². The van der Waals surface area contributed by atoms with Crippen LogP contribution in [0.4, 0.5) is 0 Å². The number of carbonyl (C=O) groups is 1.